The summed E-state index contributed by atoms with van der Waals surface area (Å²) in [6.07, 6.45) is 2.68. The third-order valence-corrected chi connectivity index (χ3v) is 5.72. The van der Waals surface area contributed by atoms with Crippen molar-refractivity contribution in [2.24, 2.45) is 4.99 Å². The number of benzene rings is 1. The quantitative estimate of drug-likeness (QED) is 0.433. The van der Waals surface area contributed by atoms with Crippen LogP contribution in [0.2, 0.25) is 0 Å². The number of ether oxygens (including phenoxy) is 1. The second-order valence-corrected chi connectivity index (χ2v) is 8.58. The van der Waals surface area contributed by atoms with Crippen LogP contribution in [-0.4, -0.2) is 73.7 Å². The molecule has 1 fully saturated rings. The van der Waals surface area contributed by atoms with E-state index in [1.54, 1.807) is 6.26 Å². The summed E-state index contributed by atoms with van der Waals surface area (Å²) in [5.74, 6) is 2.62. The molecule has 0 radical (unpaired) electrons. The van der Waals surface area contributed by atoms with Crippen LogP contribution in [0.25, 0.3) is 0 Å². The molecular weight excluding hydrogens is 402 g/mol. The number of rotatable bonds is 10. The number of nitrogens with zero attached hydrogens (tertiary/aromatic N) is 3. The second kappa shape index (κ2) is 12.5. The molecule has 0 spiro atoms. The van der Waals surface area contributed by atoms with Crippen molar-refractivity contribution < 1.29 is 9.15 Å². The first-order valence-electron chi connectivity index (χ1n) is 11.8. The topological polar surface area (TPSA) is 65.3 Å². The van der Waals surface area contributed by atoms with Crippen LogP contribution in [0.15, 0.2) is 52.1 Å². The highest BCUT2D eigenvalue weighted by molar-refractivity contribution is 5.93. The Hall–Kier alpha value is -2.51. The Labute approximate surface area is 192 Å². The van der Waals surface area contributed by atoms with Gasteiger partial charge in [0.2, 0.25) is 0 Å². The van der Waals surface area contributed by atoms with Crippen molar-refractivity contribution in [2.45, 2.75) is 46.3 Å². The molecule has 176 valence electrons. The number of hydrogen-bond acceptors (Lipinski definition) is 5. The van der Waals surface area contributed by atoms with Gasteiger partial charge >= 0.3 is 0 Å². The highest BCUT2D eigenvalue weighted by Crippen LogP contribution is 2.17. The summed E-state index contributed by atoms with van der Waals surface area (Å²) in [6.45, 7) is 15.7. The van der Waals surface area contributed by atoms with E-state index in [2.05, 4.69) is 34.3 Å². The maximum atomic E-state index is 5.75. The van der Waals surface area contributed by atoms with Gasteiger partial charge in [0.1, 0.15) is 11.5 Å². The third kappa shape index (κ3) is 7.88. The molecule has 3 rings (SSSR count). The molecule has 32 heavy (non-hydrogen) atoms. The van der Waals surface area contributed by atoms with E-state index in [1.165, 1.54) is 0 Å². The van der Waals surface area contributed by atoms with E-state index in [1.807, 2.05) is 50.2 Å². The van der Waals surface area contributed by atoms with Gasteiger partial charge in [-0.25, -0.2) is 0 Å². The number of piperazine rings is 1. The highest BCUT2D eigenvalue weighted by Gasteiger charge is 2.20. The molecule has 1 atom stereocenters. The fourth-order valence-electron chi connectivity index (χ4n) is 3.78. The molecule has 1 aromatic carbocycles. The molecule has 2 aromatic rings. The Bertz CT molecular complexity index is 796. The third-order valence-electron chi connectivity index (χ3n) is 5.72. The molecule has 1 unspecified atom stereocenters. The summed E-state index contributed by atoms with van der Waals surface area (Å²) in [5, 5.41) is 6.89. The summed E-state index contributed by atoms with van der Waals surface area (Å²) < 4.78 is 11.2. The molecule has 0 aliphatic carbocycles. The number of nitrogens with one attached hydrogen (secondary N) is 2. The first kappa shape index (κ1) is 24.1. The molecule has 2 N–H and O–H groups in total. The van der Waals surface area contributed by atoms with E-state index in [4.69, 9.17) is 14.1 Å². The lowest BCUT2D eigenvalue weighted by molar-refractivity contribution is 0.109. The van der Waals surface area contributed by atoms with E-state index in [9.17, 15) is 0 Å². The smallest absolute Gasteiger partial charge is 0.195 e. The van der Waals surface area contributed by atoms with E-state index in [-0.39, 0.29) is 6.10 Å². The number of guanidine groups is 1. The zero-order valence-electron chi connectivity index (χ0n) is 20.0. The Morgan fingerprint density at radius 3 is 2.47 bits per heavy atom. The van der Waals surface area contributed by atoms with Crippen LogP contribution < -0.4 is 15.4 Å². The molecule has 0 saturated carbocycles. The maximum absolute atomic E-state index is 5.75. The minimum Gasteiger partial charge on any atom is -0.491 e. The zero-order valence-corrected chi connectivity index (χ0v) is 20.0. The minimum atomic E-state index is 0.162. The first-order valence-corrected chi connectivity index (χ1v) is 11.8. The monoisotopic (exact) mass is 441 g/mol. The molecule has 1 aliphatic rings. The van der Waals surface area contributed by atoms with E-state index in [0.717, 1.165) is 75.4 Å². The van der Waals surface area contributed by atoms with Crippen LogP contribution in [-0.2, 0) is 6.42 Å². The van der Waals surface area contributed by atoms with Gasteiger partial charge in [0.25, 0.3) is 0 Å². The van der Waals surface area contributed by atoms with Crippen molar-refractivity contribution in [3.05, 3.63) is 48.4 Å². The minimum absolute atomic E-state index is 0.162. The molecule has 2 heterocycles. The summed E-state index contributed by atoms with van der Waals surface area (Å²) in [6, 6.07) is 12.3. The maximum Gasteiger partial charge on any atom is 0.195 e. The van der Waals surface area contributed by atoms with Crippen LogP contribution in [0.4, 0.5) is 5.69 Å². The SMILES string of the molecule is CCN1CCN(C(C)CN=C(NCCc2ccco2)Nc2ccc(OC(C)C)cc2)CC1. The van der Waals surface area contributed by atoms with Gasteiger partial charge in [-0.3, -0.25) is 9.89 Å². The van der Waals surface area contributed by atoms with Crippen molar-refractivity contribution in [1.82, 2.24) is 15.1 Å². The molecule has 7 heteroatoms. The zero-order chi connectivity index (χ0) is 22.8. The number of aliphatic imine (C=N–C) groups is 1. The van der Waals surface area contributed by atoms with Gasteiger partial charge in [-0.2, -0.15) is 0 Å². The fraction of sp³-hybridized carbons (Fsp3) is 0.560. The van der Waals surface area contributed by atoms with Gasteiger partial charge in [0.15, 0.2) is 5.96 Å². The van der Waals surface area contributed by atoms with Crippen LogP contribution in [0.5, 0.6) is 5.75 Å². The van der Waals surface area contributed by atoms with Crippen molar-refractivity contribution in [3.63, 3.8) is 0 Å². The van der Waals surface area contributed by atoms with E-state index in [0.29, 0.717) is 6.04 Å². The van der Waals surface area contributed by atoms with Gasteiger partial charge in [-0.1, -0.05) is 6.92 Å². The van der Waals surface area contributed by atoms with Gasteiger partial charge in [0, 0.05) is 50.9 Å². The highest BCUT2D eigenvalue weighted by atomic mass is 16.5. The number of likely N-dealkylation sites (N-methyl/N-ethyl adjacent to an activating group) is 1. The standard InChI is InChI=1S/C25H39N5O2/c1-5-29-14-16-30(17-15-29)21(4)19-27-25(26-13-12-23-7-6-18-31-23)28-22-8-10-24(11-9-22)32-20(2)3/h6-11,18,20-21H,5,12-17,19H2,1-4H3,(H2,26,27,28). The Morgan fingerprint density at radius 2 is 1.84 bits per heavy atom. The molecule has 1 aromatic heterocycles. The van der Waals surface area contributed by atoms with E-state index < -0.39 is 0 Å². The van der Waals surface area contributed by atoms with Gasteiger partial charge in [-0.15, -0.1) is 0 Å². The van der Waals surface area contributed by atoms with Gasteiger partial charge in [-0.05, 0) is 63.7 Å². The lowest BCUT2D eigenvalue weighted by Crippen LogP contribution is -2.50. The van der Waals surface area contributed by atoms with Gasteiger partial charge < -0.3 is 24.7 Å². The van der Waals surface area contributed by atoms with Crippen molar-refractivity contribution in [3.8, 4) is 5.75 Å². The summed E-state index contributed by atoms with van der Waals surface area (Å²) in [5.41, 5.74) is 0.981. The summed E-state index contributed by atoms with van der Waals surface area (Å²) in [7, 11) is 0. The Balaban J connectivity index is 1.58. The average molecular weight is 442 g/mol. The lowest BCUT2D eigenvalue weighted by Gasteiger charge is -2.37. The van der Waals surface area contributed by atoms with Crippen LogP contribution in [0.1, 0.15) is 33.5 Å². The molecule has 0 amide bonds. The largest absolute Gasteiger partial charge is 0.491 e. The second-order valence-electron chi connectivity index (χ2n) is 8.58. The molecule has 1 aliphatic heterocycles. The van der Waals surface area contributed by atoms with Gasteiger partial charge in [0.05, 0.1) is 18.9 Å². The average Bonchev–Trinajstić information content (AvgIpc) is 3.31. The number of anilines is 1. The predicted molar refractivity (Wildman–Crippen MR) is 132 cm³/mol. The lowest BCUT2D eigenvalue weighted by atomic mass is 10.2. The molecule has 1 saturated heterocycles. The van der Waals surface area contributed by atoms with Crippen LogP contribution in [0, 0.1) is 0 Å². The fourth-order valence-corrected chi connectivity index (χ4v) is 3.78. The summed E-state index contributed by atoms with van der Waals surface area (Å²) >= 11 is 0. The van der Waals surface area contributed by atoms with E-state index >= 15 is 0 Å². The number of furan rings is 1. The number of hydrogen-bond donors (Lipinski definition) is 2. The normalized spacial score (nSPS) is 16.8. The van der Waals surface area contributed by atoms with Crippen molar-refractivity contribution in [2.75, 3.05) is 51.1 Å². The van der Waals surface area contributed by atoms with Crippen molar-refractivity contribution in [1.29, 1.82) is 0 Å². The molecule has 7 nitrogen and oxygen atoms in total. The predicted octanol–water partition coefficient (Wildman–Crippen LogP) is 3.69. The summed E-state index contributed by atoms with van der Waals surface area (Å²) in [4.78, 5) is 9.94. The Kier molecular flexibility index (Phi) is 9.43. The van der Waals surface area contributed by atoms with Crippen molar-refractivity contribution >= 4 is 11.6 Å². The van der Waals surface area contributed by atoms with Crippen LogP contribution in [0.3, 0.4) is 0 Å². The molecular formula is C25H39N5O2. The van der Waals surface area contributed by atoms with Crippen LogP contribution >= 0.6 is 0 Å². The Morgan fingerprint density at radius 1 is 1.09 bits per heavy atom. The first-order chi connectivity index (χ1) is 15.5. The molecule has 0 bridgehead atoms.